The number of pyridine rings is 1. The van der Waals surface area contributed by atoms with Crippen molar-refractivity contribution < 1.29 is 23.0 Å². The van der Waals surface area contributed by atoms with E-state index in [0.717, 1.165) is 28.3 Å². The van der Waals surface area contributed by atoms with Gasteiger partial charge in [0.15, 0.2) is 5.82 Å². The van der Waals surface area contributed by atoms with Crippen molar-refractivity contribution >= 4 is 44.8 Å². The summed E-state index contributed by atoms with van der Waals surface area (Å²) in [6.45, 7) is 4.00. The number of hydrogen-bond donors (Lipinski definition) is 1. The minimum absolute atomic E-state index is 0.162. The van der Waals surface area contributed by atoms with Crippen LogP contribution in [-0.4, -0.2) is 45.5 Å². The molecule has 0 atom stereocenters. The van der Waals surface area contributed by atoms with Crippen LogP contribution in [0.25, 0.3) is 15.9 Å². The van der Waals surface area contributed by atoms with Gasteiger partial charge in [-0.3, -0.25) is 4.90 Å². The lowest BCUT2D eigenvalue weighted by molar-refractivity contribution is 0.0532. The lowest BCUT2D eigenvalue weighted by Gasteiger charge is -2.25. The molecule has 0 amide bonds. The molecule has 0 fully saturated rings. The molecule has 0 saturated carbocycles. The van der Waals surface area contributed by atoms with Gasteiger partial charge in [-0.15, -0.1) is 11.3 Å². The predicted octanol–water partition coefficient (Wildman–Crippen LogP) is 6.00. The third kappa shape index (κ3) is 5.82. The Labute approximate surface area is 220 Å². The van der Waals surface area contributed by atoms with E-state index in [1.165, 1.54) is 29.5 Å². The summed E-state index contributed by atoms with van der Waals surface area (Å²) in [5.41, 5.74) is 2.69. The zero-order chi connectivity index (χ0) is 25.9. The van der Waals surface area contributed by atoms with Gasteiger partial charge in [0.2, 0.25) is 0 Å². The molecule has 0 spiro atoms. The Morgan fingerprint density at radius 1 is 1.19 bits per heavy atom. The fourth-order valence-corrected chi connectivity index (χ4v) is 5.09. The molecule has 192 valence electrons. The average Bonchev–Trinajstić information content (AvgIpc) is 3.44. The lowest BCUT2D eigenvalue weighted by atomic mass is 10.0. The third-order valence-electron chi connectivity index (χ3n) is 5.89. The number of H-pyrrole nitrogens is 1. The molecule has 7 nitrogen and oxygen atoms in total. The number of aromatic nitrogens is 3. The first-order chi connectivity index (χ1) is 17.9. The molecule has 11 heteroatoms. The van der Waals surface area contributed by atoms with Gasteiger partial charge in [-0.25, -0.2) is 23.5 Å². The Kier molecular flexibility index (Phi) is 7.50. The van der Waals surface area contributed by atoms with E-state index in [9.17, 15) is 13.6 Å². The Bertz CT molecular complexity index is 1450. The summed E-state index contributed by atoms with van der Waals surface area (Å²) in [5.74, 6) is -0.823. The van der Waals surface area contributed by atoms with Crippen molar-refractivity contribution in [2.75, 3.05) is 19.7 Å². The van der Waals surface area contributed by atoms with Crippen LogP contribution < -0.4 is 4.74 Å². The highest BCUT2D eigenvalue weighted by Gasteiger charge is 2.19. The lowest BCUT2D eigenvalue weighted by Crippen LogP contribution is -2.28. The zero-order valence-electron chi connectivity index (χ0n) is 19.9. The average molecular weight is 545 g/mol. The maximum atomic E-state index is 14.3. The van der Waals surface area contributed by atoms with Gasteiger partial charge in [-0.05, 0) is 49.2 Å². The molecular formula is C26H23ClF2N4O3S. The van der Waals surface area contributed by atoms with E-state index in [1.807, 2.05) is 0 Å². The van der Waals surface area contributed by atoms with Crippen molar-refractivity contribution in [3.8, 4) is 5.88 Å². The van der Waals surface area contributed by atoms with Crippen LogP contribution in [0.2, 0.25) is 5.02 Å². The first-order valence-electron chi connectivity index (χ1n) is 11.7. The third-order valence-corrected chi connectivity index (χ3v) is 7.14. The molecule has 4 heterocycles. The van der Waals surface area contributed by atoms with Gasteiger partial charge in [0, 0.05) is 23.7 Å². The molecule has 5 rings (SSSR count). The van der Waals surface area contributed by atoms with E-state index >= 15 is 0 Å². The number of hydrogen-bond acceptors (Lipinski definition) is 7. The number of thiophene rings is 1. The molecule has 3 aromatic heterocycles. The monoisotopic (exact) mass is 544 g/mol. The minimum Gasteiger partial charge on any atom is -0.471 e. The number of carbonyl (C=O) groups is 1. The van der Waals surface area contributed by atoms with Crippen LogP contribution in [0.5, 0.6) is 5.88 Å². The molecule has 1 aliphatic heterocycles. The number of esters is 1. The van der Waals surface area contributed by atoms with Crippen molar-refractivity contribution in [2.24, 2.45) is 0 Å². The van der Waals surface area contributed by atoms with Crippen molar-refractivity contribution in [1.82, 2.24) is 19.9 Å². The van der Waals surface area contributed by atoms with E-state index in [1.54, 1.807) is 25.1 Å². The highest BCUT2D eigenvalue weighted by Crippen LogP contribution is 2.27. The van der Waals surface area contributed by atoms with Crippen LogP contribution >= 0.6 is 22.9 Å². The standard InChI is InChI=1S/C26H23ClF2N4O3S/c1-2-35-26(34)22-12-21-25(37-22)32-23(30-21)13-33-9-7-15(8-10-33)20-6-5-18(28)24(31-20)36-14-16-3-4-17(27)11-19(16)29/h3-7,11-12H,2,8-10,13-14H2,1H3,(H,30,32). The van der Waals surface area contributed by atoms with Crippen molar-refractivity contribution in [1.29, 1.82) is 0 Å². The summed E-state index contributed by atoms with van der Waals surface area (Å²) in [4.78, 5) is 27.7. The van der Waals surface area contributed by atoms with Gasteiger partial charge in [0.1, 0.15) is 28.0 Å². The highest BCUT2D eigenvalue weighted by molar-refractivity contribution is 7.20. The van der Waals surface area contributed by atoms with Crippen LogP contribution in [0.1, 0.15) is 40.1 Å². The molecular weight excluding hydrogens is 522 g/mol. The largest absolute Gasteiger partial charge is 0.471 e. The SMILES string of the molecule is CCOC(=O)c1cc2[nH]c(CN3CC=C(c4ccc(F)c(OCc5ccc(Cl)cc5F)n4)CC3)nc2s1. The van der Waals surface area contributed by atoms with Crippen LogP contribution in [0.15, 0.2) is 42.5 Å². The molecule has 1 aliphatic rings. The van der Waals surface area contributed by atoms with Gasteiger partial charge in [-0.1, -0.05) is 23.7 Å². The van der Waals surface area contributed by atoms with E-state index in [-0.39, 0.29) is 29.0 Å². The molecule has 4 aromatic rings. The summed E-state index contributed by atoms with van der Waals surface area (Å²) in [5, 5.41) is 0.279. The van der Waals surface area contributed by atoms with Crippen LogP contribution in [0.4, 0.5) is 8.78 Å². The molecule has 0 saturated heterocycles. The van der Waals surface area contributed by atoms with E-state index in [2.05, 4.69) is 25.9 Å². The number of fused-ring (bicyclic) bond motifs is 1. The fourth-order valence-electron chi connectivity index (χ4n) is 4.03. The smallest absolute Gasteiger partial charge is 0.348 e. The number of halogens is 3. The van der Waals surface area contributed by atoms with Gasteiger partial charge >= 0.3 is 5.97 Å². The number of carbonyl (C=O) groups excluding carboxylic acids is 1. The van der Waals surface area contributed by atoms with Crippen molar-refractivity contribution in [3.05, 3.63) is 81.1 Å². The number of nitrogens with zero attached hydrogens (tertiary/aromatic N) is 3. The molecule has 0 radical (unpaired) electrons. The summed E-state index contributed by atoms with van der Waals surface area (Å²) >= 11 is 7.08. The Hall–Kier alpha value is -3.34. The first kappa shape index (κ1) is 25.3. The Balaban J connectivity index is 1.21. The fraction of sp³-hybridized carbons (Fsp3) is 0.269. The zero-order valence-corrected chi connectivity index (χ0v) is 21.5. The van der Waals surface area contributed by atoms with E-state index < -0.39 is 11.6 Å². The maximum Gasteiger partial charge on any atom is 0.348 e. The van der Waals surface area contributed by atoms with Gasteiger partial charge < -0.3 is 14.5 Å². The van der Waals surface area contributed by atoms with Crippen molar-refractivity contribution in [3.63, 3.8) is 0 Å². The molecule has 37 heavy (non-hydrogen) atoms. The van der Waals surface area contributed by atoms with Crippen molar-refractivity contribution in [2.45, 2.75) is 26.5 Å². The normalized spacial score (nSPS) is 14.1. The van der Waals surface area contributed by atoms with Gasteiger partial charge in [0.05, 0.1) is 24.4 Å². The Morgan fingerprint density at radius 3 is 2.78 bits per heavy atom. The second-order valence-electron chi connectivity index (χ2n) is 8.46. The number of aromatic amines is 1. The molecule has 1 aromatic carbocycles. The quantitative estimate of drug-likeness (QED) is 0.274. The topological polar surface area (TPSA) is 80.3 Å². The van der Waals surface area contributed by atoms with Crippen LogP contribution in [0, 0.1) is 11.6 Å². The summed E-state index contributed by atoms with van der Waals surface area (Å²) in [6, 6.07) is 8.93. The summed E-state index contributed by atoms with van der Waals surface area (Å²) in [7, 11) is 0. The summed E-state index contributed by atoms with van der Waals surface area (Å²) < 4.78 is 38.9. The van der Waals surface area contributed by atoms with Crippen LogP contribution in [-0.2, 0) is 17.9 Å². The first-order valence-corrected chi connectivity index (χ1v) is 12.9. The molecule has 0 unspecified atom stereocenters. The number of ether oxygens (including phenoxy) is 2. The number of benzene rings is 1. The predicted molar refractivity (Wildman–Crippen MR) is 138 cm³/mol. The minimum atomic E-state index is -0.611. The number of rotatable bonds is 8. The number of imidazole rings is 1. The second-order valence-corrected chi connectivity index (χ2v) is 9.92. The Morgan fingerprint density at radius 2 is 2.05 bits per heavy atom. The number of nitrogens with one attached hydrogen (secondary N) is 1. The van der Waals surface area contributed by atoms with E-state index in [4.69, 9.17) is 21.1 Å². The highest BCUT2D eigenvalue weighted by atomic mass is 35.5. The summed E-state index contributed by atoms with van der Waals surface area (Å²) in [6.07, 6.45) is 2.77. The van der Waals surface area contributed by atoms with Gasteiger partial charge in [-0.2, -0.15) is 0 Å². The molecule has 0 aliphatic carbocycles. The van der Waals surface area contributed by atoms with Crippen LogP contribution in [0.3, 0.4) is 0 Å². The second kappa shape index (κ2) is 11.0. The van der Waals surface area contributed by atoms with Gasteiger partial charge in [0.25, 0.3) is 5.88 Å². The van der Waals surface area contributed by atoms with E-state index in [0.29, 0.717) is 36.7 Å². The molecule has 1 N–H and O–H groups in total. The molecule has 0 bridgehead atoms. The maximum absolute atomic E-state index is 14.3.